The molecule has 6 aliphatic rings. The first-order valence-electron chi connectivity index (χ1n) is 18.4. The van der Waals surface area contributed by atoms with E-state index in [1.54, 1.807) is 44.9 Å². The van der Waals surface area contributed by atoms with Crippen LogP contribution in [-0.2, 0) is 48.7 Å². The highest BCUT2D eigenvalue weighted by Crippen LogP contribution is 2.57. The van der Waals surface area contributed by atoms with Crippen LogP contribution < -0.4 is 15.2 Å². The fourth-order valence-electron chi connectivity index (χ4n) is 7.45. The molecule has 16 nitrogen and oxygen atoms in total. The van der Waals surface area contributed by atoms with Crippen molar-refractivity contribution in [2.45, 2.75) is 112 Å². The van der Waals surface area contributed by atoms with Crippen LogP contribution in [0.25, 0.3) is 0 Å². The molecule has 0 aromatic carbocycles. The highest BCUT2D eigenvalue weighted by Gasteiger charge is 2.63. The number of allylic oxidation sites excluding steroid dienone is 1. The lowest BCUT2D eigenvalue weighted by Gasteiger charge is -2.25. The highest BCUT2D eigenvalue weighted by molar-refractivity contribution is 7.92. The number of aliphatic carboxylic acids is 1. The summed E-state index contributed by atoms with van der Waals surface area (Å²) in [6.45, 7) is 15.7. The lowest BCUT2D eigenvalue weighted by Crippen LogP contribution is -2.49. The second kappa shape index (κ2) is 16.4. The summed E-state index contributed by atoms with van der Waals surface area (Å²) in [4.78, 5) is 48.4. The van der Waals surface area contributed by atoms with Gasteiger partial charge in [0.05, 0.1) is 33.2 Å². The number of amides is 2. The molecule has 0 spiro atoms. The molecule has 2 aliphatic heterocycles. The number of nitrogens with zero attached hydrogens (tertiary/aromatic N) is 2. The SMILES string of the molecule is C=C[C@@H]1C[C@]1(CC(=O)[C@@H]1C(C)[C@@H](OC)CN1P)C(=O)NS(=O)(=O)C1(C)CC1.C=C[C@@H]1C[C@]1(N)C(=O)NS(=O)(=O)C1(C)CC1.CO[C@H]1CN(P)[C@H](C(=O)O)C1C. The van der Waals surface area contributed by atoms with Gasteiger partial charge in [0, 0.05) is 51.5 Å². The molecule has 0 radical (unpaired) electrons. The van der Waals surface area contributed by atoms with Crippen molar-refractivity contribution < 1.29 is 50.6 Å². The van der Waals surface area contributed by atoms with Gasteiger partial charge in [-0.25, -0.2) is 16.8 Å². The Morgan fingerprint density at radius 3 is 1.55 bits per heavy atom. The number of methoxy groups -OCH3 is 2. The lowest BCUT2D eigenvalue weighted by atomic mass is 9.88. The van der Waals surface area contributed by atoms with Crippen LogP contribution in [0.5, 0.6) is 0 Å². The number of nitrogens with one attached hydrogen (secondary N) is 2. The fourth-order valence-corrected chi connectivity index (χ4v) is 11.4. The third-order valence-corrected chi connectivity index (χ3v) is 18.0. The van der Waals surface area contributed by atoms with E-state index < -0.39 is 64.3 Å². The number of carboxylic acids is 1. The monoisotopic (exact) mass is 851 g/mol. The normalized spacial score (nSPS) is 36.8. The van der Waals surface area contributed by atoms with Crippen LogP contribution in [-0.4, -0.2) is 121 Å². The van der Waals surface area contributed by atoms with Gasteiger partial charge in [0.15, 0.2) is 5.78 Å². The molecule has 0 aromatic rings. The van der Waals surface area contributed by atoms with Crippen LogP contribution in [0.4, 0.5) is 0 Å². The van der Waals surface area contributed by atoms with Gasteiger partial charge < -0.3 is 20.3 Å². The van der Waals surface area contributed by atoms with Crippen molar-refractivity contribution in [1.82, 2.24) is 18.8 Å². The van der Waals surface area contributed by atoms with E-state index in [2.05, 4.69) is 41.4 Å². The smallest absolute Gasteiger partial charge is 0.321 e. The van der Waals surface area contributed by atoms with Crippen molar-refractivity contribution in [3.05, 3.63) is 25.3 Å². The summed E-state index contributed by atoms with van der Waals surface area (Å²) in [5, 5.41) is 8.86. The molecule has 6 rings (SSSR count). The maximum atomic E-state index is 13.0. The van der Waals surface area contributed by atoms with Gasteiger partial charge in [0.2, 0.25) is 26.0 Å². The van der Waals surface area contributed by atoms with Gasteiger partial charge in [-0.05, 0) is 58.3 Å². The number of hydrogen-bond acceptors (Lipinski definition) is 13. The first-order valence-corrected chi connectivity index (χ1v) is 22.4. The molecule has 6 fully saturated rings. The molecule has 2 heterocycles. The molecule has 4 saturated carbocycles. The van der Waals surface area contributed by atoms with Crippen LogP contribution in [0, 0.1) is 29.1 Å². The van der Waals surface area contributed by atoms with E-state index in [1.807, 2.05) is 18.5 Å². The summed E-state index contributed by atoms with van der Waals surface area (Å²) in [7, 11) is 0.929. The summed E-state index contributed by atoms with van der Waals surface area (Å²) in [6.07, 6.45) is 6.43. The average molecular weight is 852 g/mol. The minimum absolute atomic E-state index is 0.00449. The quantitative estimate of drug-likeness (QED) is 0.143. The van der Waals surface area contributed by atoms with Crippen LogP contribution in [0.1, 0.15) is 72.6 Å². The standard InChI is InChI=1S/C18H29N2O5PS.C10H16N2O3S.C7H14NO3P/c1-5-12-8-18(12,16(22)19-27(23,24)17(3)6-7-17)9-13(21)15-11(2)14(25-4)10-20(15)26;1-3-7-6-10(7,11)8(13)12-16(14,15)9(2)4-5-9;1-4-5(11-2)3-8(12)6(4)7(9)10/h5,11-12,14-15H,1,6-10,26H2,2-4H3,(H,19,22);3,7H,1,4-6,11H2,2H3,(H,12,13);4-6H,3,12H2,1-2H3,(H,9,10)/t11?,12-,14+,15+,18-;7-,10-;4?,5-,6-/m110/s1. The summed E-state index contributed by atoms with van der Waals surface area (Å²) < 4.78 is 65.4. The Morgan fingerprint density at radius 2 is 1.22 bits per heavy atom. The van der Waals surface area contributed by atoms with E-state index in [0.29, 0.717) is 51.6 Å². The van der Waals surface area contributed by atoms with Crippen molar-refractivity contribution in [3.63, 3.8) is 0 Å². The van der Waals surface area contributed by atoms with Crippen LogP contribution in [0.15, 0.2) is 25.3 Å². The van der Waals surface area contributed by atoms with E-state index in [1.165, 1.54) is 0 Å². The zero-order valence-electron chi connectivity index (χ0n) is 32.5. The van der Waals surface area contributed by atoms with E-state index in [9.17, 15) is 36.0 Å². The topological polar surface area (TPSA) is 232 Å². The molecule has 0 aromatic heterocycles. The van der Waals surface area contributed by atoms with E-state index in [4.69, 9.17) is 20.3 Å². The summed E-state index contributed by atoms with van der Waals surface area (Å²) in [5.41, 5.74) is 3.69. The molecule has 4 aliphatic carbocycles. The van der Waals surface area contributed by atoms with E-state index in [-0.39, 0.29) is 54.1 Å². The van der Waals surface area contributed by atoms with Crippen molar-refractivity contribution in [1.29, 1.82) is 0 Å². The number of ketones is 1. The van der Waals surface area contributed by atoms with E-state index in [0.717, 1.165) is 0 Å². The maximum absolute atomic E-state index is 13.0. The fraction of sp³-hybridized carbons (Fsp3) is 0.771. The summed E-state index contributed by atoms with van der Waals surface area (Å²) in [6, 6.07) is -0.798. The molecule has 5 N–H and O–H groups in total. The summed E-state index contributed by atoms with van der Waals surface area (Å²) >= 11 is 0. The Hall–Kier alpha value is -1.88. The molecule has 2 amide bonds. The van der Waals surface area contributed by atoms with Gasteiger partial charge in [0.1, 0.15) is 11.6 Å². The Labute approximate surface area is 330 Å². The third kappa shape index (κ3) is 9.23. The largest absolute Gasteiger partial charge is 0.480 e. The van der Waals surface area contributed by atoms with Crippen molar-refractivity contribution >= 4 is 62.4 Å². The zero-order chi connectivity index (χ0) is 41.7. The zero-order valence-corrected chi connectivity index (χ0v) is 36.5. The Morgan fingerprint density at radius 1 is 0.800 bits per heavy atom. The van der Waals surface area contributed by atoms with Gasteiger partial charge in [-0.3, -0.25) is 38.0 Å². The van der Waals surface area contributed by atoms with Gasteiger partial charge in [-0.1, -0.05) is 44.8 Å². The molecule has 12 atom stereocenters. The first kappa shape index (κ1) is 45.8. The van der Waals surface area contributed by atoms with Crippen molar-refractivity contribution in [3.8, 4) is 0 Å². The minimum Gasteiger partial charge on any atom is -0.480 e. The Bertz CT molecular complexity index is 1780. The van der Waals surface area contributed by atoms with Crippen molar-refractivity contribution in [2.24, 2.45) is 34.8 Å². The van der Waals surface area contributed by atoms with Crippen molar-refractivity contribution in [2.75, 3.05) is 27.3 Å². The molecule has 312 valence electrons. The molecular weight excluding hydrogens is 792 g/mol. The molecule has 20 heteroatoms. The maximum Gasteiger partial charge on any atom is 0.321 e. The predicted molar refractivity (Wildman–Crippen MR) is 213 cm³/mol. The molecular formula is C35H59N5O11P2S2. The highest BCUT2D eigenvalue weighted by atomic mass is 32.2. The first-order chi connectivity index (χ1) is 25.3. The predicted octanol–water partition coefficient (Wildman–Crippen LogP) is 1.35. The lowest BCUT2D eigenvalue weighted by molar-refractivity contribution is -0.142. The number of hydrogen-bond donors (Lipinski definition) is 4. The number of Topliss-reactive ketones (excluding diaryl/α,β-unsaturated/α-hetero) is 1. The number of ether oxygens (including phenoxy) is 2. The molecule has 4 unspecified atom stereocenters. The summed E-state index contributed by atoms with van der Waals surface area (Å²) in [5.74, 6) is -2.28. The second-order valence-electron chi connectivity index (χ2n) is 16.6. The van der Waals surface area contributed by atoms with Gasteiger partial charge in [0.25, 0.3) is 5.91 Å². The average Bonchev–Trinajstić information content (AvgIpc) is 3.99. The van der Waals surface area contributed by atoms with Gasteiger partial charge in [-0.15, -0.1) is 13.2 Å². The molecule has 0 bridgehead atoms. The second-order valence-corrected chi connectivity index (χ2v) is 22.3. The van der Waals surface area contributed by atoms with E-state index >= 15 is 0 Å². The number of sulfonamides is 2. The Kier molecular flexibility index (Phi) is 13.7. The molecule has 2 saturated heterocycles. The molecule has 55 heavy (non-hydrogen) atoms. The van der Waals surface area contributed by atoms with Gasteiger partial charge >= 0.3 is 5.97 Å². The number of carboxylic acid groups (broad SMARTS) is 1. The number of carbonyl (C=O) groups is 4. The van der Waals surface area contributed by atoms with Crippen LogP contribution >= 0.6 is 18.8 Å². The Balaban J connectivity index is 0.000000203. The number of rotatable bonds is 14. The van der Waals surface area contributed by atoms with Gasteiger partial charge in [-0.2, -0.15) is 0 Å². The number of nitrogens with two attached hydrogens (primary N) is 1. The van der Waals surface area contributed by atoms with Crippen LogP contribution in [0.3, 0.4) is 0 Å². The minimum atomic E-state index is -3.73. The van der Waals surface area contributed by atoms with Crippen LogP contribution in [0.2, 0.25) is 0 Å². The number of carbonyl (C=O) groups excluding carboxylic acids is 3. The third-order valence-electron chi connectivity index (χ3n) is 12.6.